The zero-order valence-electron chi connectivity index (χ0n) is 13.1. The molecule has 1 aromatic rings. The maximum Gasteiger partial charge on any atom is 0.258 e. The van der Waals surface area contributed by atoms with Crippen LogP contribution in [0.5, 0.6) is 5.75 Å². The molecule has 21 heavy (non-hydrogen) atoms. The minimum Gasteiger partial charge on any atom is -0.483 e. The van der Waals surface area contributed by atoms with E-state index in [2.05, 4.69) is 5.32 Å². The standard InChI is InChI=1S/C16H22ClNO3/c1-9(2)15(12(5)19)18-14(20)8-21-16-10(3)6-13(17)7-11(16)4/h6-7,9,15H,8H2,1-5H3,(H,18,20). The first kappa shape index (κ1) is 17.5. The van der Waals surface area contributed by atoms with Gasteiger partial charge in [0, 0.05) is 5.02 Å². The molecule has 1 N–H and O–H groups in total. The third kappa shape index (κ3) is 5.05. The smallest absolute Gasteiger partial charge is 0.258 e. The second kappa shape index (κ2) is 7.46. The zero-order valence-corrected chi connectivity index (χ0v) is 13.9. The van der Waals surface area contributed by atoms with Gasteiger partial charge < -0.3 is 10.1 Å². The molecule has 0 saturated heterocycles. The fraction of sp³-hybridized carbons (Fsp3) is 0.500. The van der Waals surface area contributed by atoms with E-state index in [4.69, 9.17) is 16.3 Å². The summed E-state index contributed by atoms with van der Waals surface area (Å²) in [4.78, 5) is 23.4. The van der Waals surface area contributed by atoms with E-state index in [1.807, 2.05) is 27.7 Å². The summed E-state index contributed by atoms with van der Waals surface area (Å²) in [6, 6.07) is 3.09. The van der Waals surface area contributed by atoms with Gasteiger partial charge in [-0.05, 0) is 49.9 Å². The first-order chi connectivity index (χ1) is 9.72. The molecule has 0 aliphatic rings. The minimum atomic E-state index is -0.478. The van der Waals surface area contributed by atoms with Gasteiger partial charge >= 0.3 is 0 Å². The Morgan fingerprint density at radius 2 is 1.76 bits per heavy atom. The number of rotatable bonds is 6. The molecular formula is C16H22ClNO3. The number of benzene rings is 1. The van der Waals surface area contributed by atoms with E-state index in [9.17, 15) is 9.59 Å². The molecule has 0 bridgehead atoms. The van der Waals surface area contributed by atoms with Crippen molar-refractivity contribution in [3.63, 3.8) is 0 Å². The summed E-state index contributed by atoms with van der Waals surface area (Å²) in [7, 11) is 0. The molecule has 1 atom stereocenters. The second-order valence-electron chi connectivity index (χ2n) is 5.56. The lowest BCUT2D eigenvalue weighted by atomic mass is 10.0. The third-order valence-corrected chi connectivity index (χ3v) is 3.41. The Morgan fingerprint density at radius 3 is 2.19 bits per heavy atom. The molecule has 1 unspecified atom stereocenters. The number of ketones is 1. The maximum absolute atomic E-state index is 11.9. The average molecular weight is 312 g/mol. The molecule has 0 aliphatic carbocycles. The summed E-state index contributed by atoms with van der Waals surface area (Å²) in [5.74, 6) is 0.332. The van der Waals surface area contributed by atoms with Crippen LogP contribution in [0.25, 0.3) is 0 Å². The van der Waals surface area contributed by atoms with Gasteiger partial charge in [-0.25, -0.2) is 0 Å². The van der Waals surface area contributed by atoms with Crippen molar-refractivity contribution >= 4 is 23.3 Å². The minimum absolute atomic E-state index is 0.0467. The van der Waals surface area contributed by atoms with E-state index in [1.165, 1.54) is 6.92 Å². The van der Waals surface area contributed by atoms with Gasteiger partial charge in [-0.2, -0.15) is 0 Å². The molecule has 0 radical (unpaired) electrons. The van der Waals surface area contributed by atoms with Gasteiger partial charge in [0.05, 0.1) is 6.04 Å². The molecule has 4 nitrogen and oxygen atoms in total. The maximum atomic E-state index is 11.9. The number of carbonyl (C=O) groups is 2. The molecule has 0 heterocycles. The number of nitrogens with one attached hydrogen (secondary N) is 1. The Bertz CT molecular complexity index is 517. The van der Waals surface area contributed by atoms with Crippen molar-refractivity contribution in [1.29, 1.82) is 0 Å². The largest absolute Gasteiger partial charge is 0.483 e. The van der Waals surface area contributed by atoms with Crippen LogP contribution in [0, 0.1) is 19.8 Å². The van der Waals surface area contributed by atoms with E-state index in [-0.39, 0.29) is 24.2 Å². The lowest BCUT2D eigenvalue weighted by Gasteiger charge is -2.20. The molecule has 1 aromatic carbocycles. The van der Waals surface area contributed by atoms with Crippen LogP contribution in [0.1, 0.15) is 31.9 Å². The molecular weight excluding hydrogens is 290 g/mol. The third-order valence-electron chi connectivity index (χ3n) is 3.19. The first-order valence-corrected chi connectivity index (χ1v) is 7.29. The van der Waals surface area contributed by atoms with Crippen LogP contribution in [-0.2, 0) is 9.59 Å². The number of aryl methyl sites for hydroxylation is 2. The average Bonchev–Trinajstić information content (AvgIpc) is 2.33. The summed E-state index contributed by atoms with van der Waals surface area (Å²) in [6.45, 7) is 8.87. The van der Waals surface area contributed by atoms with Crippen LogP contribution in [0.4, 0.5) is 0 Å². The Morgan fingerprint density at radius 1 is 1.24 bits per heavy atom. The van der Waals surface area contributed by atoms with Crippen LogP contribution in [-0.4, -0.2) is 24.3 Å². The first-order valence-electron chi connectivity index (χ1n) is 6.91. The van der Waals surface area contributed by atoms with Gasteiger partial charge in [-0.3, -0.25) is 9.59 Å². The predicted molar refractivity (Wildman–Crippen MR) is 83.9 cm³/mol. The monoisotopic (exact) mass is 311 g/mol. The van der Waals surface area contributed by atoms with E-state index in [0.717, 1.165) is 11.1 Å². The highest BCUT2D eigenvalue weighted by Gasteiger charge is 2.20. The summed E-state index contributed by atoms with van der Waals surface area (Å²) >= 11 is 5.95. The van der Waals surface area contributed by atoms with Crippen LogP contribution >= 0.6 is 11.6 Å². The fourth-order valence-corrected chi connectivity index (χ4v) is 2.54. The van der Waals surface area contributed by atoms with Crippen molar-refractivity contribution < 1.29 is 14.3 Å². The predicted octanol–water partition coefficient (Wildman–Crippen LogP) is 3.07. The number of Topliss-reactive ketones (excluding diaryl/α,β-unsaturated/α-hetero) is 1. The molecule has 1 rings (SSSR count). The van der Waals surface area contributed by atoms with E-state index >= 15 is 0 Å². The highest BCUT2D eigenvalue weighted by Crippen LogP contribution is 2.26. The van der Waals surface area contributed by atoms with Gasteiger partial charge in [0.2, 0.25) is 0 Å². The SMILES string of the molecule is CC(=O)C(NC(=O)COc1c(C)cc(Cl)cc1C)C(C)C. The van der Waals surface area contributed by atoms with Crippen LogP contribution in [0.15, 0.2) is 12.1 Å². The molecule has 0 saturated carbocycles. The van der Waals surface area contributed by atoms with E-state index < -0.39 is 6.04 Å². The summed E-state index contributed by atoms with van der Waals surface area (Å²) in [5.41, 5.74) is 1.75. The van der Waals surface area contributed by atoms with Crippen molar-refractivity contribution in [2.75, 3.05) is 6.61 Å². The van der Waals surface area contributed by atoms with Crippen LogP contribution in [0.2, 0.25) is 5.02 Å². The Labute approximate surface area is 130 Å². The van der Waals surface area contributed by atoms with Crippen molar-refractivity contribution in [3.8, 4) is 5.75 Å². The van der Waals surface area contributed by atoms with Crippen LogP contribution in [0.3, 0.4) is 0 Å². The van der Waals surface area contributed by atoms with Gasteiger partial charge in [0.25, 0.3) is 5.91 Å². The normalized spacial score (nSPS) is 12.1. The summed E-state index contributed by atoms with van der Waals surface area (Å²) in [5, 5.41) is 3.33. The second-order valence-corrected chi connectivity index (χ2v) is 5.99. The van der Waals surface area contributed by atoms with Crippen LogP contribution < -0.4 is 10.1 Å². The molecule has 0 aromatic heterocycles. The van der Waals surface area contributed by atoms with E-state index in [1.54, 1.807) is 12.1 Å². The number of hydrogen-bond acceptors (Lipinski definition) is 3. The lowest BCUT2D eigenvalue weighted by Crippen LogP contribution is -2.45. The van der Waals surface area contributed by atoms with Gasteiger partial charge in [-0.15, -0.1) is 0 Å². The highest BCUT2D eigenvalue weighted by atomic mass is 35.5. The van der Waals surface area contributed by atoms with Crippen molar-refractivity contribution in [1.82, 2.24) is 5.32 Å². The molecule has 0 spiro atoms. The number of hydrogen-bond donors (Lipinski definition) is 1. The number of halogens is 1. The van der Waals surface area contributed by atoms with Gasteiger partial charge in [0.1, 0.15) is 5.75 Å². The molecule has 5 heteroatoms. The Balaban J connectivity index is 2.67. The topological polar surface area (TPSA) is 55.4 Å². The summed E-state index contributed by atoms with van der Waals surface area (Å²) in [6.07, 6.45) is 0. The molecule has 1 amide bonds. The zero-order chi connectivity index (χ0) is 16.2. The lowest BCUT2D eigenvalue weighted by molar-refractivity contribution is -0.129. The number of amides is 1. The number of carbonyl (C=O) groups excluding carboxylic acids is 2. The Kier molecular flexibility index (Phi) is 6.21. The van der Waals surface area contributed by atoms with Crippen molar-refractivity contribution in [3.05, 3.63) is 28.3 Å². The van der Waals surface area contributed by atoms with E-state index in [0.29, 0.717) is 10.8 Å². The number of ether oxygens (including phenoxy) is 1. The highest BCUT2D eigenvalue weighted by molar-refractivity contribution is 6.30. The summed E-state index contributed by atoms with van der Waals surface area (Å²) < 4.78 is 5.56. The van der Waals surface area contributed by atoms with Crippen molar-refractivity contribution in [2.24, 2.45) is 5.92 Å². The van der Waals surface area contributed by atoms with Gasteiger partial charge in [0.15, 0.2) is 12.4 Å². The Hall–Kier alpha value is -1.55. The quantitative estimate of drug-likeness (QED) is 0.878. The van der Waals surface area contributed by atoms with Crippen molar-refractivity contribution in [2.45, 2.75) is 40.7 Å². The molecule has 0 fully saturated rings. The molecule has 116 valence electrons. The molecule has 0 aliphatic heterocycles. The fourth-order valence-electron chi connectivity index (χ4n) is 2.22. The van der Waals surface area contributed by atoms with Gasteiger partial charge in [-0.1, -0.05) is 25.4 Å².